The molecule has 0 amide bonds. The van der Waals surface area contributed by atoms with Gasteiger partial charge in [0, 0.05) is 24.0 Å². The lowest BCUT2D eigenvalue weighted by molar-refractivity contribution is -0.136. The molecule has 1 aliphatic carbocycles. The lowest BCUT2D eigenvalue weighted by atomic mass is 9.73. The standard InChI is InChI=1S/C20H23N5O/c1-2-13(1)14-3-4-17-15(9-14)11-21-19(22-17)23-18-10-20(26-24-18)12-25-7-5-16(20)6-8-25/h3-4,9,11,13,16H,1-2,5-8,10,12H2,(H,21,22,23,24). The average molecular weight is 349 g/mol. The maximum atomic E-state index is 5.96. The summed E-state index contributed by atoms with van der Waals surface area (Å²) in [5, 5.41) is 8.76. The summed E-state index contributed by atoms with van der Waals surface area (Å²) in [6.07, 6.45) is 7.81. The van der Waals surface area contributed by atoms with Crippen LogP contribution in [0, 0.1) is 5.92 Å². The van der Waals surface area contributed by atoms with Crippen molar-refractivity contribution in [2.24, 2.45) is 11.1 Å². The number of oxime groups is 1. The first-order valence-electron chi connectivity index (χ1n) is 9.79. The van der Waals surface area contributed by atoms with Crippen LogP contribution in [0.1, 0.15) is 43.6 Å². The highest BCUT2D eigenvalue weighted by Gasteiger charge is 2.52. The minimum Gasteiger partial charge on any atom is -0.386 e. The second-order valence-corrected chi connectivity index (χ2v) is 8.33. The Balaban J connectivity index is 1.20. The van der Waals surface area contributed by atoms with Crippen molar-refractivity contribution < 1.29 is 4.84 Å². The van der Waals surface area contributed by atoms with Gasteiger partial charge in [-0.2, -0.15) is 0 Å². The van der Waals surface area contributed by atoms with Gasteiger partial charge in [-0.05, 0) is 62.4 Å². The number of nitrogens with zero attached hydrogens (tertiary/aromatic N) is 4. The molecular formula is C20H23N5O. The summed E-state index contributed by atoms with van der Waals surface area (Å²) >= 11 is 0. The third-order valence-electron chi connectivity index (χ3n) is 6.54. The predicted molar refractivity (Wildman–Crippen MR) is 100 cm³/mol. The van der Waals surface area contributed by atoms with Gasteiger partial charge < -0.3 is 10.2 Å². The summed E-state index contributed by atoms with van der Waals surface area (Å²) < 4.78 is 0. The zero-order valence-corrected chi connectivity index (χ0v) is 14.8. The normalized spacial score (nSPS) is 32.7. The smallest absolute Gasteiger partial charge is 0.228 e. The summed E-state index contributed by atoms with van der Waals surface area (Å²) in [5.41, 5.74) is 2.26. The van der Waals surface area contributed by atoms with Gasteiger partial charge in [0.2, 0.25) is 5.95 Å². The van der Waals surface area contributed by atoms with E-state index in [-0.39, 0.29) is 5.60 Å². The Morgan fingerprint density at radius 1 is 1.15 bits per heavy atom. The molecule has 1 aromatic carbocycles. The minimum absolute atomic E-state index is 0.130. The van der Waals surface area contributed by atoms with Crippen molar-refractivity contribution in [1.82, 2.24) is 14.9 Å². The molecule has 1 atom stereocenters. The topological polar surface area (TPSA) is 62.6 Å². The van der Waals surface area contributed by atoms with Gasteiger partial charge >= 0.3 is 0 Å². The third kappa shape index (κ3) is 2.39. The molecule has 6 heteroatoms. The second kappa shape index (κ2) is 5.39. The highest BCUT2D eigenvalue weighted by atomic mass is 16.7. The maximum absolute atomic E-state index is 5.96. The van der Waals surface area contributed by atoms with Crippen molar-refractivity contribution >= 4 is 22.7 Å². The van der Waals surface area contributed by atoms with E-state index in [1.54, 1.807) is 0 Å². The quantitative estimate of drug-likeness (QED) is 0.902. The molecule has 134 valence electrons. The number of benzene rings is 1. The van der Waals surface area contributed by atoms with E-state index >= 15 is 0 Å². The van der Waals surface area contributed by atoms with Gasteiger partial charge in [-0.15, -0.1) is 0 Å². The van der Waals surface area contributed by atoms with Crippen LogP contribution in [0.4, 0.5) is 5.95 Å². The zero-order chi connectivity index (χ0) is 17.1. The van der Waals surface area contributed by atoms with Gasteiger partial charge in [-0.3, -0.25) is 4.90 Å². The number of nitrogens with one attached hydrogen (secondary N) is 1. The van der Waals surface area contributed by atoms with Gasteiger partial charge in [0.25, 0.3) is 0 Å². The Morgan fingerprint density at radius 3 is 2.81 bits per heavy atom. The van der Waals surface area contributed by atoms with E-state index < -0.39 is 0 Å². The first-order chi connectivity index (χ1) is 12.8. The van der Waals surface area contributed by atoms with E-state index in [1.807, 2.05) is 6.20 Å². The summed E-state index contributed by atoms with van der Waals surface area (Å²) in [6, 6.07) is 6.54. The van der Waals surface area contributed by atoms with E-state index in [4.69, 9.17) is 4.84 Å². The molecule has 4 aliphatic heterocycles. The van der Waals surface area contributed by atoms with E-state index in [0.29, 0.717) is 11.9 Å². The number of anilines is 1. The molecule has 4 fully saturated rings. The summed E-state index contributed by atoms with van der Waals surface area (Å²) in [5.74, 6) is 2.83. The fraction of sp³-hybridized carbons (Fsp3) is 0.550. The van der Waals surface area contributed by atoms with Crippen LogP contribution in [-0.4, -0.2) is 45.9 Å². The molecule has 0 radical (unpaired) electrons. The largest absolute Gasteiger partial charge is 0.386 e. The summed E-state index contributed by atoms with van der Waals surface area (Å²) in [4.78, 5) is 17.6. The average Bonchev–Trinajstić information content (AvgIpc) is 3.46. The number of piperidine rings is 3. The molecule has 2 bridgehead atoms. The van der Waals surface area contributed by atoms with Crippen LogP contribution in [0.25, 0.3) is 10.9 Å². The lowest BCUT2D eigenvalue weighted by Crippen LogP contribution is -2.59. The maximum Gasteiger partial charge on any atom is 0.228 e. The lowest BCUT2D eigenvalue weighted by Gasteiger charge is -2.49. The molecule has 1 unspecified atom stereocenters. The van der Waals surface area contributed by atoms with Crippen molar-refractivity contribution in [3.63, 3.8) is 0 Å². The number of hydrogen-bond acceptors (Lipinski definition) is 6. The van der Waals surface area contributed by atoms with Gasteiger partial charge in [0.05, 0.1) is 11.9 Å². The molecule has 5 heterocycles. The zero-order valence-electron chi connectivity index (χ0n) is 14.8. The van der Waals surface area contributed by atoms with Crippen LogP contribution < -0.4 is 5.32 Å². The van der Waals surface area contributed by atoms with Crippen LogP contribution in [0.2, 0.25) is 0 Å². The molecule has 1 spiro atoms. The Bertz CT molecular complexity index is 900. The van der Waals surface area contributed by atoms with E-state index in [1.165, 1.54) is 44.3 Å². The molecule has 2 aromatic rings. The predicted octanol–water partition coefficient (Wildman–Crippen LogP) is 3.12. The van der Waals surface area contributed by atoms with Crippen LogP contribution in [0.3, 0.4) is 0 Å². The fourth-order valence-corrected chi connectivity index (χ4v) is 4.90. The first kappa shape index (κ1) is 14.9. The molecule has 5 aliphatic rings. The Labute approximate surface area is 152 Å². The van der Waals surface area contributed by atoms with Crippen LogP contribution in [0.15, 0.2) is 29.6 Å². The van der Waals surface area contributed by atoms with E-state index in [9.17, 15) is 0 Å². The van der Waals surface area contributed by atoms with Crippen LogP contribution in [-0.2, 0) is 4.84 Å². The van der Waals surface area contributed by atoms with Crippen molar-refractivity contribution in [1.29, 1.82) is 0 Å². The molecule has 26 heavy (non-hydrogen) atoms. The highest BCUT2D eigenvalue weighted by Crippen LogP contribution is 2.43. The number of amidine groups is 1. The second-order valence-electron chi connectivity index (χ2n) is 8.33. The molecule has 1 aromatic heterocycles. The SMILES string of the molecule is c1cc2nc(NC3=NOC4(C3)CN3CCC4CC3)ncc2cc1C1CC1. The number of hydrogen-bond donors (Lipinski definition) is 1. The van der Waals surface area contributed by atoms with E-state index in [0.717, 1.165) is 35.6 Å². The molecule has 6 nitrogen and oxygen atoms in total. The number of rotatable bonds is 2. The van der Waals surface area contributed by atoms with Gasteiger partial charge in [-0.1, -0.05) is 11.2 Å². The molecule has 3 saturated heterocycles. The van der Waals surface area contributed by atoms with Crippen LogP contribution >= 0.6 is 0 Å². The van der Waals surface area contributed by atoms with Gasteiger partial charge in [0.1, 0.15) is 0 Å². The van der Waals surface area contributed by atoms with Gasteiger partial charge in [-0.25, -0.2) is 9.97 Å². The minimum atomic E-state index is -0.130. The molecular weight excluding hydrogens is 326 g/mol. The van der Waals surface area contributed by atoms with Crippen LogP contribution in [0.5, 0.6) is 0 Å². The fourth-order valence-electron chi connectivity index (χ4n) is 4.90. The van der Waals surface area contributed by atoms with Crippen molar-refractivity contribution in [2.45, 2.75) is 43.6 Å². The molecule has 1 saturated carbocycles. The number of aromatic nitrogens is 2. The summed E-state index contributed by atoms with van der Waals surface area (Å²) in [6.45, 7) is 3.40. The van der Waals surface area contributed by atoms with Crippen molar-refractivity contribution in [3.8, 4) is 0 Å². The Hall–Kier alpha value is -2.21. The third-order valence-corrected chi connectivity index (χ3v) is 6.54. The van der Waals surface area contributed by atoms with E-state index in [2.05, 4.69) is 43.5 Å². The number of fused-ring (bicyclic) bond motifs is 3. The monoisotopic (exact) mass is 349 g/mol. The molecule has 1 N–H and O–H groups in total. The first-order valence-corrected chi connectivity index (χ1v) is 9.79. The van der Waals surface area contributed by atoms with Gasteiger partial charge in [0.15, 0.2) is 11.4 Å². The summed E-state index contributed by atoms with van der Waals surface area (Å²) in [7, 11) is 0. The Kier molecular flexibility index (Phi) is 3.09. The van der Waals surface area contributed by atoms with Crippen molar-refractivity contribution in [2.75, 3.05) is 25.0 Å². The van der Waals surface area contributed by atoms with Crippen molar-refractivity contribution in [3.05, 3.63) is 30.0 Å². The highest BCUT2D eigenvalue weighted by molar-refractivity contribution is 5.96. The molecule has 7 rings (SSSR count). The Morgan fingerprint density at radius 2 is 2.04 bits per heavy atom.